The van der Waals surface area contributed by atoms with Crippen LogP contribution in [0.15, 0.2) is 36.8 Å². The maximum Gasteiger partial charge on any atom is 0.0981 e. The number of hydrogen-bond donors (Lipinski definition) is 1. The smallest absolute Gasteiger partial charge is 0.0981 e. The Morgan fingerprint density at radius 2 is 2.06 bits per heavy atom. The Balaban J connectivity index is 1.91. The highest BCUT2D eigenvalue weighted by atomic mass is 16.3. The Kier molecular flexibility index (Phi) is 3.31. The topological polar surface area (TPSA) is 50.9 Å². The highest BCUT2D eigenvalue weighted by molar-refractivity contribution is 5.11. The molecule has 84 valence electrons. The summed E-state index contributed by atoms with van der Waals surface area (Å²) in [7, 11) is 1.85. The van der Waals surface area contributed by atoms with Crippen LogP contribution in [0, 0.1) is 0 Å². The van der Waals surface area contributed by atoms with E-state index in [1.165, 1.54) is 5.56 Å². The van der Waals surface area contributed by atoms with Gasteiger partial charge in [-0.1, -0.05) is 0 Å². The van der Waals surface area contributed by atoms with E-state index >= 15 is 0 Å². The van der Waals surface area contributed by atoms with Crippen LogP contribution in [-0.4, -0.2) is 19.9 Å². The van der Waals surface area contributed by atoms with Crippen LogP contribution in [0.3, 0.4) is 0 Å². The van der Waals surface area contributed by atoms with Gasteiger partial charge in [0, 0.05) is 25.6 Å². The summed E-state index contributed by atoms with van der Waals surface area (Å²) < 4.78 is 1.70. The van der Waals surface area contributed by atoms with Gasteiger partial charge in [0.15, 0.2) is 0 Å². The van der Waals surface area contributed by atoms with Crippen LogP contribution in [0.4, 0.5) is 0 Å². The lowest BCUT2D eigenvalue weighted by atomic mass is 10.1. The summed E-state index contributed by atoms with van der Waals surface area (Å²) in [5, 5.41) is 14.1. The van der Waals surface area contributed by atoms with Crippen molar-refractivity contribution in [3.05, 3.63) is 48.0 Å². The fraction of sp³-hybridized carbons (Fsp3) is 0.333. The molecule has 1 unspecified atom stereocenters. The average Bonchev–Trinajstić information content (AvgIpc) is 2.74. The minimum atomic E-state index is -0.491. The molecule has 0 spiro atoms. The molecule has 0 saturated heterocycles. The Hall–Kier alpha value is -1.68. The summed E-state index contributed by atoms with van der Waals surface area (Å²) >= 11 is 0. The van der Waals surface area contributed by atoms with E-state index in [0.29, 0.717) is 6.42 Å². The van der Waals surface area contributed by atoms with Gasteiger partial charge in [-0.25, -0.2) is 0 Å². The van der Waals surface area contributed by atoms with Crippen LogP contribution >= 0.6 is 0 Å². The number of aliphatic hydroxyl groups is 1. The molecular weight excluding hydrogens is 202 g/mol. The summed E-state index contributed by atoms with van der Waals surface area (Å²) in [6, 6.07) is 5.77. The summed E-state index contributed by atoms with van der Waals surface area (Å²) in [5.41, 5.74) is 1.92. The van der Waals surface area contributed by atoms with E-state index in [1.54, 1.807) is 17.1 Å². The van der Waals surface area contributed by atoms with Gasteiger partial charge >= 0.3 is 0 Å². The van der Waals surface area contributed by atoms with Crippen LogP contribution in [0.25, 0.3) is 0 Å². The van der Waals surface area contributed by atoms with Crippen molar-refractivity contribution in [3.8, 4) is 0 Å². The molecule has 0 fully saturated rings. The predicted molar refractivity (Wildman–Crippen MR) is 60.7 cm³/mol. The normalized spacial score (nSPS) is 12.6. The Bertz CT molecular complexity index is 439. The second-order valence-electron chi connectivity index (χ2n) is 3.82. The van der Waals surface area contributed by atoms with E-state index in [4.69, 9.17) is 0 Å². The number of hydrogen-bond acceptors (Lipinski definition) is 3. The van der Waals surface area contributed by atoms with Crippen LogP contribution in [0.1, 0.15) is 23.8 Å². The Labute approximate surface area is 94.6 Å². The molecule has 0 radical (unpaired) electrons. The van der Waals surface area contributed by atoms with E-state index in [9.17, 15) is 5.11 Å². The zero-order chi connectivity index (χ0) is 11.4. The van der Waals surface area contributed by atoms with Gasteiger partial charge in [-0.15, -0.1) is 0 Å². The van der Waals surface area contributed by atoms with Crippen molar-refractivity contribution in [1.82, 2.24) is 14.8 Å². The number of rotatable bonds is 4. The third-order valence-electron chi connectivity index (χ3n) is 2.53. The zero-order valence-electron chi connectivity index (χ0n) is 9.24. The van der Waals surface area contributed by atoms with Gasteiger partial charge in [0.1, 0.15) is 0 Å². The monoisotopic (exact) mass is 217 g/mol. The second-order valence-corrected chi connectivity index (χ2v) is 3.82. The summed E-state index contributed by atoms with van der Waals surface area (Å²) in [6.45, 7) is 0. The van der Waals surface area contributed by atoms with Gasteiger partial charge in [0.25, 0.3) is 0 Å². The number of aryl methyl sites for hydroxylation is 2. The average molecular weight is 217 g/mol. The number of pyridine rings is 1. The lowest BCUT2D eigenvalue weighted by Gasteiger charge is -2.07. The van der Waals surface area contributed by atoms with Crippen LogP contribution in [-0.2, 0) is 13.5 Å². The first kappa shape index (κ1) is 10.8. The molecule has 2 aromatic heterocycles. The third kappa shape index (κ3) is 2.67. The van der Waals surface area contributed by atoms with E-state index in [0.717, 1.165) is 12.1 Å². The molecule has 16 heavy (non-hydrogen) atoms. The number of nitrogens with zero attached hydrogens (tertiary/aromatic N) is 3. The van der Waals surface area contributed by atoms with Gasteiger partial charge < -0.3 is 5.11 Å². The second kappa shape index (κ2) is 4.90. The van der Waals surface area contributed by atoms with Crippen LogP contribution < -0.4 is 0 Å². The van der Waals surface area contributed by atoms with Crippen molar-refractivity contribution in [2.75, 3.05) is 0 Å². The van der Waals surface area contributed by atoms with E-state index in [2.05, 4.69) is 10.1 Å². The van der Waals surface area contributed by atoms with Crippen molar-refractivity contribution in [2.45, 2.75) is 18.9 Å². The first-order valence-electron chi connectivity index (χ1n) is 5.32. The molecule has 0 bridgehead atoms. The molecule has 2 rings (SSSR count). The highest BCUT2D eigenvalue weighted by Gasteiger charge is 2.10. The van der Waals surface area contributed by atoms with Crippen molar-refractivity contribution in [3.63, 3.8) is 0 Å². The molecule has 0 amide bonds. The fourth-order valence-electron chi connectivity index (χ4n) is 1.61. The molecule has 0 aliphatic heterocycles. The van der Waals surface area contributed by atoms with Crippen molar-refractivity contribution < 1.29 is 5.11 Å². The standard InChI is InChI=1S/C12H15N3O/c1-15-9-6-11(14-15)12(16)3-2-10-4-7-13-8-5-10/h4-9,12,16H,2-3H2,1H3. The molecule has 4 heteroatoms. The van der Waals surface area contributed by atoms with Crippen molar-refractivity contribution >= 4 is 0 Å². The minimum absolute atomic E-state index is 0.491. The van der Waals surface area contributed by atoms with Crippen LogP contribution in [0.2, 0.25) is 0 Å². The van der Waals surface area contributed by atoms with Gasteiger partial charge in [0.05, 0.1) is 11.8 Å². The molecule has 0 aromatic carbocycles. The highest BCUT2D eigenvalue weighted by Crippen LogP contribution is 2.16. The molecule has 0 aliphatic rings. The quantitative estimate of drug-likeness (QED) is 0.844. The minimum Gasteiger partial charge on any atom is -0.387 e. The van der Waals surface area contributed by atoms with Crippen molar-refractivity contribution in [1.29, 1.82) is 0 Å². The molecule has 2 aromatic rings. The lowest BCUT2D eigenvalue weighted by Crippen LogP contribution is -2.01. The number of aliphatic hydroxyl groups excluding tert-OH is 1. The Morgan fingerprint density at radius 3 is 2.69 bits per heavy atom. The molecule has 4 nitrogen and oxygen atoms in total. The third-order valence-corrected chi connectivity index (χ3v) is 2.53. The van der Waals surface area contributed by atoms with E-state index in [1.807, 2.05) is 31.4 Å². The molecule has 2 heterocycles. The fourth-order valence-corrected chi connectivity index (χ4v) is 1.61. The molecular formula is C12H15N3O. The van der Waals surface area contributed by atoms with Gasteiger partial charge in [-0.3, -0.25) is 9.67 Å². The van der Waals surface area contributed by atoms with E-state index in [-0.39, 0.29) is 0 Å². The zero-order valence-corrected chi connectivity index (χ0v) is 9.24. The first-order chi connectivity index (χ1) is 7.75. The Morgan fingerprint density at radius 1 is 1.31 bits per heavy atom. The molecule has 1 atom stereocenters. The molecule has 0 aliphatic carbocycles. The van der Waals surface area contributed by atoms with Crippen molar-refractivity contribution in [2.24, 2.45) is 7.05 Å². The van der Waals surface area contributed by atoms with E-state index < -0.39 is 6.10 Å². The molecule has 0 saturated carbocycles. The number of aromatic nitrogens is 3. The summed E-state index contributed by atoms with van der Waals surface area (Å²) in [6.07, 6.45) is 6.39. The maximum atomic E-state index is 9.90. The lowest BCUT2D eigenvalue weighted by molar-refractivity contribution is 0.162. The maximum absolute atomic E-state index is 9.90. The van der Waals surface area contributed by atoms with Gasteiger partial charge in [-0.05, 0) is 36.6 Å². The predicted octanol–water partition coefficient (Wildman–Crippen LogP) is 1.48. The first-order valence-corrected chi connectivity index (χ1v) is 5.32. The largest absolute Gasteiger partial charge is 0.387 e. The summed E-state index contributed by atoms with van der Waals surface area (Å²) in [4.78, 5) is 3.96. The summed E-state index contributed by atoms with van der Waals surface area (Å²) in [5.74, 6) is 0. The van der Waals surface area contributed by atoms with Crippen LogP contribution in [0.5, 0.6) is 0 Å². The SMILES string of the molecule is Cn1ccc(C(O)CCc2ccncc2)n1. The van der Waals surface area contributed by atoms with Gasteiger partial charge in [0.2, 0.25) is 0 Å². The molecule has 1 N–H and O–H groups in total. The van der Waals surface area contributed by atoms with Gasteiger partial charge in [-0.2, -0.15) is 5.10 Å².